The summed E-state index contributed by atoms with van der Waals surface area (Å²) < 4.78 is 5.00. The molecule has 0 heterocycles. The minimum Gasteiger partial charge on any atom is -0.383 e. The van der Waals surface area contributed by atoms with Crippen molar-refractivity contribution in [3.63, 3.8) is 0 Å². The Morgan fingerprint density at radius 2 is 2.00 bits per heavy atom. The molecule has 114 valence electrons. The van der Waals surface area contributed by atoms with Crippen LogP contribution in [0.2, 0.25) is 0 Å². The first kappa shape index (κ1) is 18.4. The van der Waals surface area contributed by atoms with Crippen LogP contribution in [0.1, 0.15) is 27.2 Å². The molecular weight excluding hydrogens is 242 g/mol. The number of carbonyl (C=O) groups is 1. The molecule has 0 aromatic rings. The maximum absolute atomic E-state index is 12.0. The van der Waals surface area contributed by atoms with E-state index in [1.54, 1.807) is 7.11 Å². The summed E-state index contributed by atoms with van der Waals surface area (Å²) in [4.78, 5) is 14.1. The quantitative estimate of drug-likeness (QED) is 0.649. The number of methoxy groups -OCH3 is 1. The van der Waals surface area contributed by atoms with E-state index < -0.39 is 0 Å². The van der Waals surface area contributed by atoms with E-state index in [2.05, 4.69) is 31.0 Å². The zero-order valence-corrected chi connectivity index (χ0v) is 13.2. The highest BCUT2D eigenvalue weighted by molar-refractivity contribution is 5.78. The van der Waals surface area contributed by atoms with Crippen molar-refractivity contribution in [3.8, 4) is 0 Å². The molecule has 0 bridgehead atoms. The molecule has 0 saturated heterocycles. The number of nitrogens with one attached hydrogen (secondary N) is 1. The van der Waals surface area contributed by atoms with Gasteiger partial charge in [0.2, 0.25) is 5.91 Å². The monoisotopic (exact) mass is 273 g/mol. The first-order valence-electron chi connectivity index (χ1n) is 6.95. The Hall–Kier alpha value is -0.650. The lowest BCUT2D eigenvalue weighted by Gasteiger charge is -2.24. The van der Waals surface area contributed by atoms with Gasteiger partial charge in [0.1, 0.15) is 0 Å². The van der Waals surface area contributed by atoms with Crippen molar-refractivity contribution in [3.05, 3.63) is 0 Å². The van der Waals surface area contributed by atoms with E-state index in [0.717, 1.165) is 19.5 Å². The Balaban J connectivity index is 3.94. The highest BCUT2D eigenvalue weighted by atomic mass is 16.5. The molecule has 0 aliphatic carbocycles. The second kappa shape index (κ2) is 9.28. The molecule has 0 fully saturated rings. The van der Waals surface area contributed by atoms with E-state index in [-0.39, 0.29) is 17.2 Å². The number of nitrogens with zero attached hydrogens (tertiary/aromatic N) is 1. The molecule has 0 saturated carbocycles. The number of rotatable bonds is 9. The van der Waals surface area contributed by atoms with Crippen molar-refractivity contribution in [1.82, 2.24) is 10.2 Å². The molecule has 1 amide bonds. The molecule has 3 N–H and O–H groups in total. The molecule has 5 heteroatoms. The Morgan fingerprint density at radius 3 is 2.47 bits per heavy atom. The summed E-state index contributed by atoms with van der Waals surface area (Å²) in [6.45, 7) is 9.84. The lowest BCUT2D eigenvalue weighted by atomic mass is 9.84. The zero-order valence-electron chi connectivity index (χ0n) is 13.2. The summed E-state index contributed by atoms with van der Waals surface area (Å²) in [7, 11) is 3.70. The lowest BCUT2D eigenvalue weighted by molar-refractivity contribution is -0.125. The average molecular weight is 273 g/mol. The third kappa shape index (κ3) is 9.87. The minimum absolute atomic E-state index is 0.0672. The number of amides is 1. The predicted octanol–water partition coefficient (Wildman–Crippen LogP) is 0.692. The maximum atomic E-state index is 12.0. The van der Waals surface area contributed by atoms with Crippen LogP contribution in [0.4, 0.5) is 0 Å². The third-order valence-electron chi connectivity index (χ3n) is 2.98. The van der Waals surface area contributed by atoms with E-state index >= 15 is 0 Å². The standard InChI is InChI=1S/C14H31N3O2/c1-14(2,3)10-12(11-15)13(18)16-6-7-17(4)8-9-19-5/h12H,6-11,15H2,1-5H3,(H,16,18). The van der Waals surface area contributed by atoms with Crippen LogP contribution in [0.3, 0.4) is 0 Å². The van der Waals surface area contributed by atoms with E-state index in [0.29, 0.717) is 19.7 Å². The van der Waals surface area contributed by atoms with Gasteiger partial charge < -0.3 is 20.7 Å². The van der Waals surface area contributed by atoms with Gasteiger partial charge >= 0.3 is 0 Å². The van der Waals surface area contributed by atoms with Gasteiger partial charge in [0, 0.05) is 33.3 Å². The normalized spacial score (nSPS) is 13.6. The molecule has 0 aliphatic heterocycles. The number of likely N-dealkylation sites (N-methyl/N-ethyl adjacent to an activating group) is 1. The largest absolute Gasteiger partial charge is 0.383 e. The molecule has 0 aliphatic rings. The van der Waals surface area contributed by atoms with E-state index in [1.807, 2.05) is 7.05 Å². The summed E-state index contributed by atoms with van der Waals surface area (Å²) in [6.07, 6.45) is 0.814. The second-order valence-corrected chi connectivity index (χ2v) is 6.28. The van der Waals surface area contributed by atoms with Crippen molar-refractivity contribution in [2.75, 3.05) is 46.9 Å². The zero-order chi connectivity index (χ0) is 14.9. The van der Waals surface area contributed by atoms with Gasteiger partial charge in [-0.25, -0.2) is 0 Å². The Bertz CT molecular complexity index is 252. The highest BCUT2D eigenvalue weighted by Gasteiger charge is 2.23. The van der Waals surface area contributed by atoms with Crippen LogP contribution in [0.25, 0.3) is 0 Å². The number of carbonyl (C=O) groups excluding carboxylic acids is 1. The summed E-state index contributed by atoms with van der Waals surface area (Å²) in [5, 5.41) is 2.96. The Kier molecular flexibility index (Phi) is 8.97. The molecule has 0 aromatic carbocycles. The van der Waals surface area contributed by atoms with Gasteiger partial charge in [-0.2, -0.15) is 0 Å². The van der Waals surface area contributed by atoms with Crippen LogP contribution < -0.4 is 11.1 Å². The molecule has 0 radical (unpaired) electrons. The molecule has 1 atom stereocenters. The molecule has 0 aromatic heterocycles. The van der Waals surface area contributed by atoms with Crippen molar-refractivity contribution in [2.24, 2.45) is 17.1 Å². The van der Waals surface area contributed by atoms with E-state index in [4.69, 9.17) is 10.5 Å². The fraction of sp³-hybridized carbons (Fsp3) is 0.929. The number of nitrogens with two attached hydrogens (primary N) is 1. The van der Waals surface area contributed by atoms with Gasteiger partial charge in [0.25, 0.3) is 0 Å². The van der Waals surface area contributed by atoms with Crippen LogP contribution in [-0.2, 0) is 9.53 Å². The van der Waals surface area contributed by atoms with Gasteiger partial charge in [0.05, 0.1) is 12.5 Å². The molecule has 1 unspecified atom stereocenters. The molecule has 5 nitrogen and oxygen atoms in total. The summed E-state index contributed by atoms with van der Waals surface area (Å²) in [5.74, 6) is -0.0261. The SMILES string of the molecule is COCCN(C)CCNC(=O)C(CN)CC(C)(C)C. The van der Waals surface area contributed by atoms with Gasteiger partial charge in [-0.3, -0.25) is 4.79 Å². The number of ether oxygens (including phenoxy) is 1. The minimum atomic E-state index is -0.0933. The Labute approximate surface area is 117 Å². The average Bonchev–Trinajstić information content (AvgIpc) is 2.32. The predicted molar refractivity (Wildman–Crippen MR) is 79.0 cm³/mol. The van der Waals surface area contributed by atoms with Crippen molar-refractivity contribution < 1.29 is 9.53 Å². The molecular formula is C14H31N3O2. The van der Waals surface area contributed by atoms with Crippen LogP contribution in [0, 0.1) is 11.3 Å². The Morgan fingerprint density at radius 1 is 1.37 bits per heavy atom. The second-order valence-electron chi connectivity index (χ2n) is 6.28. The number of hydrogen-bond acceptors (Lipinski definition) is 4. The van der Waals surface area contributed by atoms with Crippen LogP contribution >= 0.6 is 0 Å². The summed E-state index contributed by atoms with van der Waals surface area (Å²) in [6, 6.07) is 0. The molecule has 0 rings (SSSR count). The highest BCUT2D eigenvalue weighted by Crippen LogP contribution is 2.23. The van der Waals surface area contributed by atoms with E-state index in [1.165, 1.54) is 0 Å². The van der Waals surface area contributed by atoms with Crippen LogP contribution in [-0.4, -0.2) is 57.8 Å². The van der Waals surface area contributed by atoms with Gasteiger partial charge in [0.15, 0.2) is 0 Å². The maximum Gasteiger partial charge on any atom is 0.224 e. The summed E-state index contributed by atoms with van der Waals surface area (Å²) in [5.41, 5.74) is 5.81. The fourth-order valence-corrected chi connectivity index (χ4v) is 1.90. The van der Waals surface area contributed by atoms with Crippen molar-refractivity contribution >= 4 is 5.91 Å². The smallest absolute Gasteiger partial charge is 0.224 e. The fourth-order valence-electron chi connectivity index (χ4n) is 1.90. The van der Waals surface area contributed by atoms with Crippen LogP contribution in [0.5, 0.6) is 0 Å². The number of hydrogen-bond donors (Lipinski definition) is 2. The van der Waals surface area contributed by atoms with Crippen LogP contribution in [0.15, 0.2) is 0 Å². The first-order valence-corrected chi connectivity index (χ1v) is 6.95. The van der Waals surface area contributed by atoms with Crippen molar-refractivity contribution in [1.29, 1.82) is 0 Å². The summed E-state index contributed by atoms with van der Waals surface area (Å²) >= 11 is 0. The van der Waals surface area contributed by atoms with Gasteiger partial charge in [-0.05, 0) is 18.9 Å². The first-order chi connectivity index (χ1) is 8.80. The topological polar surface area (TPSA) is 67.6 Å². The van der Waals surface area contributed by atoms with E-state index in [9.17, 15) is 4.79 Å². The van der Waals surface area contributed by atoms with Gasteiger partial charge in [-0.1, -0.05) is 20.8 Å². The molecule has 19 heavy (non-hydrogen) atoms. The third-order valence-corrected chi connectivity index (χ3v) is 2.98. The molecule has 0 spiro atoms. The van der Waals surface area contributed by atoms with Gasteiger partial charge in [-0.15, -0.1) is 0 Å². The van der Waals surface area contributed by atoms with Crippen molar-refractivity contribution in [2.45, 2.75) is 27.2 Å². The lowest BCUT2D eigenvalue weighted by Crippen LogP contribution is -2.40.